The lowest BCUT2D eigenvalue weighted by atomic mass is 10.1. The molecule has 0 aliphatic heterocycles. The van der Waals surface area contributed by atoms with Crippen molar-refractivity contribution in [3.05, 3.63) is 65.7 Å². The smallest absolute Gasteiger partial charge is 0.161 e. The molecule has 0 aliphatic rings. The third-order valence-corrected chi connectivity index (χ3v) is 4.11. The lowest BCUT2D eigenvalue weighted by Gasteiger charge is -2.12. The third-order valence-electron chi connectivity index (χ3n) is 4.11. The van der Waals surface area contributed by atoms with E-state index in [4.69, 9.17) is 0 Å². The molecule has 2 aromatic heterocycles. The van der Waals surface area contributed by atoms with Crippen LogP contribution in [0.4, 0.5) is 15.9 Å². The standard InChI is InChI=1S/C19H16FN5/c1-11-7-17-14(10-22-25-17)8-16(11)23-18-12(2)9-21-19(24-18)13-3-5-15(20)6-4-13/h3-10H,1-2H3,(H,22,25)(H,21,23,24). The minimum atomic E-state index is -0.279. The number of benzene rings is 2. The van der Waals surface area contributed by atoms with Crippen molar-refractivity contribution in [2.45, 2.75) is 13.8 Å². The van der Waals surface area contributed by atoms with Gasteiger partial charge in [0.25, 0.3) is 0 Å². The number of aromatic amines is 1. The Morgan fingerprint density at radius 3 is 2.60 bits per heavy atom. The molecule has 0 saturated carbocycles. The minimum absolute atomic E-state index is 0.279. The molecule has 6 heteroatoms. The molecule has 0 atom stereocenters. The first-order valence-corrected chi connectivity index (χ1v) is 7.90. The first-order chi connectivity index (χ1) is 12.1. The van der Waals surface area contributed by atoms with Gasteiger partial charge in [0.05, 0.1) is 11.7 Å². The maximum Gasteiger partial charge on any atom is 0.161 e. The highest BCUT2D eigenvalue weighted by molar-refractivity contribution is 5.84. The van der Waals surface area contributed by atoms with Crippen molar-refractivity contribution in [1.29, 1.82) is 0 Å². The van der Waals surface area contributed by atoms with Crippen LogP contribution in [0.2, 0.25) is 0 Å². The van der Waals surface area contributed by atoms with Gasteiger partial charge < -0.3 is 5.32 Å². The SMILES string of the molecule is Cc1cc2[nH]ncc2cc1Nc1nc(-c2ccc(F)cc2)ncc1C. The molecule has 0 unspecified atom stereocenters. The Morgan fingerprint density at radius 1 is 1.00 bits per heavy atom. The van der Waals surface area contributed by atoms with Crippen LogP contribution >= 0.6 is 0 Å². The van der Waals surface area contributed by atoms with Gasteiger partial charge in [-0.15, -0.1) is 0 Å². The molecule has 2 heterocycles. The number of H-pyrrole nitrogens is 1. The van der Waals surface area contributed by atoms with Gasteiger partial charge in [-0.2, -0.15) is 5.10 Å². The molecule has 0 aliphatic carbocycles. The summed E-state index contributed by atoms with van der Waals surface area (Å²) < 4.78 is 13.1. The second kappa shape index (κ2) is 5.98. The van der Waals surface area contributed by atoms with Crippen LogP contribution in [0.15, 0.2) is 48.8 Å². The third kappa shape index (κ3) is 2.94. The molecule has 0 amide bonds. The van der Waals surface area contributed by atoms with Gasteiger partial charge in [-0.05, 0) is 55.8 Å². The zero-order chi connectivity index (χ0) is 17.4. The lowest BCUT2D eigenvalue weighted by Crippen LogP contribution is -2.01. The van der Waals surface area contributed by atoms with Crippen LogP contribution in [0, 0.1) is 19.7 Å². The molecule has 4 aromatic rings. The van der Waals surface area contributed by atoms with E-state index in [1.807, 2.05) is 26.0 Å². The average Bonchev–Trinajstić information content (AvgIpc) is 3.05. The number of aryl methyl sites for hydroxylation is 2. The number of hydrogen-bond donors (Lipinski definition) is 2. The molecule has 25 heavy (non-hydrogen) atoms. The summed E-state index contributed by atoms with van der Waals surface area (Å²) in [6.45, 7) is 3.97. The summed E-state index contributed by atoms with van der Waals surface area (Å²) in [6.07, 6.45) is 3.55. The van der Waals surface area contributed by atoms with E-state index < -0.39 is 0 Å². The fourth-order valence-corrected chi connectivity index (χ4v) is 2.67. The average molecular weight is 333 g/mol. The van der Waals surface area contributed by atoms with Crippen molar-refractivity contribution < 1.29 is 4.39 Å². The van der Waals surface area contributed by atoms with E-state index in [0.717, 1.165) is 39.1 Å². The molecule has 0 spiro atoms. The summed E-state index contributed by atoms with van der Waals surface area (Å²) in [5.41, 5.74) is 4.73. The van der Waals surface area contributed by atoms with Gasteiger partial charge >= 0.3 is 0 Å². The summed E-state index contributed by atoms with van der Waals surface area (Å²) >= 11 is 0. The van der Waals surface area contributed by atoms with Crippen LogP contribution in [-0.4, -0.2) is 20.2 Å². The van der Waals surface area contributed by atoms with Crippen LogP contribution in [0.3, 0.4) is 0 Å². The number of hydrogen-bond acceptors (Lipinski definition) is 4. The number of nitrogens with zero attached hydrogens (tertiary/aromatic N) is 3. The molecule has 0 bridgehead atoms. The van der Waals surface area contributed by atoms with Gasteiger partial charge in [-0.1, -0.05) is 0 Å². The molecule has 2 aromatic carbocycles. The van der Waals surface area contributed by atoms with Crippen molar-refractivity contribution in [3.63, 3.8) is 0 Å². The van der Waals surface area contributed by atoms with Crippen molar-refractivity contribution >= 4 is 22.4 Å². The Kier molecular flexibility index (Phi) is 3.65. The number of rotatable bonds is 3. The predicted molar refractivity (Wildman–Crippen MR) is 96.3 cm³/mol. The van der Waals surface area contributed by atoms with Crippen LogP contribution in [0.1, 0.15) is 11.1 Å². The summed E-state index contributed by atoms with van der Waals surface area (Å²) in [5.74, 6) is 0.994. The summed E-state index contributed by atoms with van der Waals surface area (Å²) in [7, 11) is 0. The highest BCUT2D eigenvalue weighted by Gasteiger charge is 2.09. The number of aromatic nitrogens is 4. The number of halogens is 1. The van der Waals surface area contributed by atoms with E-state index in [1.54, 1.807) is 24.5 Å². The Labute approximate surface area is 144 Å². The summed E-state index contributed by atoms with van der Waals surface area (Å²) in [6, 6.07) is 10.2. The molecule has 0 radical (unpaired) electrons. The van der Waals surface area contributed by atoms with Crippen molar-refractivity contribution in [2.24, 2.45) is 0 Å². The number of anilines is 2. The van der Waals surface area contributed by atoms with Gasteiger partial charge in [0.2, 0.25) is 0 Å². The topological polar surface area (TPSA) is 66.5 Å². The van der Waals surface area contributed by atoms with Crippen LogP contribution in [-0.2, 0) is 0 Å². The maximum atomic E-state index is 13.1. The second-order valence-electron chi connectivity index (χ2n) is 5.98. The molecule has 0 saturated heterocycles. The quantitative estimate of drug-likeness (QED) is 0.578. The van der Waals surface area contributed by atoms with Crippen LogP contribution < -0.4 is 5.32 Å². The fourth-order valence-electron chi connectivity index (χ4n) is 2.67. The molecule has 0 fully saturated rings. The molecule has 4 rings (SSSR count). The Bertz CT molecular complexity index is 1050. The zero-order valence-electron chi connectivity index (χ0n) is 13.8. The first kappa shape index (κ1) is 15.3. The van der Waals surface area contributed by atoms with E-state index in [-0.39, 0.29) is 5.82 Å². The fraction of sp³-hybridized carbons (Fsp3) is 0.105. The summed E-state index contributed by atoms with van der Waals surface area (Å²) in [4.78, 5) is 8.96. The van der Waals surface area contributed by atoms with Gasteiger partial charge in [0.15, 0.2) is 5.82 Å². The van der Waals surface area contributed by atoms with Gasteiger partial charge in [-0.3, -0.25) is 5.10 Å². The lowest BCUT2D eigenvalue weighted by molar-refractivity contribution is 0.628. The highest BCUT2D eigenvalue weighted by Crippen LogP contribution is 2.27. The second-order valence-corrected chi connectivity index (χ2v) is 5.98. The molecule has 5 nitrogen and oxygen atoms in total. The van der Waals surface area contributed by atoms with Crippen LogP contribution in [0.5, 0.6) is 0 Å². The normalized spacial score (nSPS) is 11.0. The maximum absolute atomic E-state index is 13.1. The number of nitrogens with one attached hydrogen (secondary N) is 2. The molecular weight excluding hydrogens is 317 g/mol. The van der Waals surface area contributed by atoms with Gasteiger partial charge in [-0.25, -0.2) is 14.4 Å². The zero-order valence-corrected chi connectivity index (χ0v) is 13.8. The van der Waals surface area contributed by atoms with Gasteiger partial charge in [0, 0.05) is 28.4 Å². The van der Waals surface area contributed by atoms with Crippen molar-refractivity contribution in [1.82, 2.24) is 20.2 Å². The minimum Gasteiger partial charge on any atom is -0.340 e. The highest BCUT2D eigenvalue weighted by atomic mass is 19.1. The Morgan fingerprint density at radius 2 is 1.80 bits per heavy atom. The molecular formula is C19H16FN5. The van der Waals surface area contributed by atoms with E-state index in [1.165, 1.54) is 12.1 Å². The largest absolute Gasteiger partial charge is 0.340 e. The van der Waals surface area contributed by atoms with E-state index in [9.17, 15) is 4.39 Å². The van der Waals surface area contributed by atoms with E-state index in [0.29, 0.717) is 5.82 Å². The monoisotopic (exact) mass is 333 g/mol. The predicted octanol–water partition coefficient (Wildman–Crippen LogP) is 4.52. The molecule has 2 N–H and O–H groups in total. The van der Waals surface area contributed by atoms with Crippen molar-refractivity contribution in [3.8, 4) is 11.4 Å². The Hall–Kier alpha value is -3.28. The number of fused-ring (bicyclic) bond motifs is 1. The van der Waals surface area contributed by atoms with E-state index in [2.05, 4.69) is 25.5 Å². The Balaban J connectivity index is 1.72. The first-order valence-electron chi connectivity index (χ1n) is 7.90. The van der Waals surface area contributed by atoms with Crippen molar-refractivity contribution in [2.75, 3.05) is 5.32 Å². The van der Waals surface area contributed by atoms with Crippen LogP contribution in [0.25, 0.3) is 22.3 Å². The summed E-state index contributed by atoms with van der Waals surface area (Å²) in [5, 5.41) is 11.4. The molecule has 124 valence electrons. The van der Waals surface area contributed by atoms with Gasteiger partial charge in [0.1, 0.15) is 11.6 Å². The van der Waals surface area contributed by atoms with E-state index >= 15 is 0 Å².